The summed E-state index contributed by atoms with van der Waals surface area (Å²) < 4.78 is 6.17. The normalized spacial score (nSPS) is 10.7. The van der Waals surface area contributed by atoms with E-state index in [0.717, 1.165) is 10.2 Å². The fourth-order valence-corrected chi connectivity index (χ4v) is 3.08. The molecule has 0 aliphatic carbocycles. The van der Waals surface area contributed by atoms with Crippen molar-refractivity contribution in [1.82, 2.24) is 4.98 Å². The van der Waals surface area contributed by atoms with Crippen molar-refractivity contribution in [1.29, 1.82) is 0 Å². The van der Waals surface area contributed by atoms with Gasteiger partial charge in [-0.25, -0.2) is 9.78 Å². The molecule has 3 rings (SSSR count). The predicted molar refractivity (Wildman–Crippen MR) is 78.6 cm³/mol. The van der Waals surface area contributed by atoms with Gasteiger partial charge in [0, 0.05) is 5.56 Å². The van der Waals surface area contributed by atoms with Crippen molar-refractivity contribution in [2.24, 2.45) is 0 Å². The van der Waals surface area contributed by atoms with E-state index in [-0.39, 0.29) is 5.56 Å². The number of aromatic carboxylic acids is 1. The molecule has 0 atom stereocenters. The molecule has 2 aromatic carbocycles. The third kappa shape index (κ3) is 2.02. The van der Waals surface area contributed by atoms with E-state index < -0.39 is 5.97 Å². The Balaban J connectivity index is 2.25. The summed E-state index contributed by atoms with van der Waals surface area (Å²) >= 11 is 1.47. The number of nitrogens with zero attached hydrogens (tertiary/aromatic N) is 1. The number of carboxylic acid groups (broad SMARTS) is 1. The first-order valence-electron chi connectivity index (χ1n) is 5.97. The number of hydrogen-bond acceptors (Lipinski definition) is 4. The zero-order valence-electron chi connectivity index (χ0n) is 10.7. The molecule has 20 heavy (non-hydrogen) atoms. The van der Waals surface area contributed by atoms with Crippen LogP contribution in [0.2, 0.25) is 0 Å². The summed E-state index contributed by atoms with van der Waals surface area (Å²) in [5.74, 6) is -0.675. The molecule has 0 spiro atoms. The lowest BCUT2D eigenvalue weighted by Crippen LogP contribution is -2.02. The Hall–Kier alpha value is -2.40. The van der Waals surface area contributed by atoms with E-state index in [1.54, 1.807) is 18.2 Å². The zero-order chi connectivity index (χ0) is 14.1. The predicted octanol–water partition coefficient (Wildman–Crippen LogP) is 3.67. The Bertz CT molecular complexity index is 762. The highest BCUT2D eigenvalue weighted by Crippen LogP contribution is 2.35. The van der Waals surface area contributed by atoms with Crippen molar-refractivity contribution in [3.63, 3.8) is 0 Å². The molecule has 100 valence electrons. The second-order valence-electron chi connectivity index (χ2n) is 4.17. The van der Waals surface area contributed by atoms with E-state index >= 15 is 0 Å². The van der Waals surface area contributed by atoms with E-state index in [2.05, 4.69) is 4.98 Å². The second kappa shape index (κ2) is 4.94. The van der Waals surface area contributed by atoms with Gasteiger partial charge in [-0.15, -0.1) is 11.3 Å². The summed E-state index contributed by atoms with van der Waals surface area (Å²) in [5, 5.41) is 10.1. The van der Waals surface area contributed by atoms with Crippen LogP contribution in [0.5, 0.6) is 5.75 Å². The van der Waals surface area contributed by atoms with Gasteiger partial charge < -0.3 is 9.84 Å². The van der Waals surface area contributed by atoms with Crippen LogP contribution in [0.1, 0.15) is 10.4 Å². The van der Waals surface area contributed by atoms with E-state index in [4.69, 9.17) is 4.74 Å². The molecule has 1 N–H and O–H groups in total. The van der Waals surface area contributed by atoms with Crippen LogP contribution in [-0.4, -0.2) is 23.2 Å². The minimum absolute atomic E-state index is 0.147. The van der Waals surface area contributed by atoms with Crippen LogP contribution in [0.15, 0.2) is 42.5 Å². The van der Waals surface area contributed by atoms with Crippen LogP contribution in [0.3, 0.4) is 0 Å². The summed E-state index contributed by atoms with van der Waals surface area (Å²) in [6, 6.07) is 12.9. The minimum atomic E-state index is -1.02. The number of fused-ring (bicyclic) bond motifs is 1. The number of thiazole rings is 1. The first-order valence-corrected chi connectivity index (χ1v) is 6.78. The highest BCUT2D eigenvalue weighted by atomic mass is 32.1. The first kappa shape index (κ1) is 12.6. The molecule has 0 saturated carbocycles. The van der Waals surface area contributed by atoms with Crippen molar-refractivity contribution in [3.8, 4) is 16.3 Å². The molecule has 5 heteroatoms. The number of para-hydroxylation sites is 1. The van der Waals surface area contributed by atoms with E-state index in [0.29, 0.717) is 16.3 Å². The van der Waals surface area contributed by atoms with Crippen molar-refractivity contribution in [2.45, 2.75) is 0 Å². The lowest BCUT2D eigenvalue weighted by molar-refractivity contribution is 0.0694. The Labute approximate surface area is 119 Å². The molecule has 0 saturated heterocycles. The first-order chi connectivity index (χ1) is 9.70. The maximum absolute atomic E-state index is 11.5. The van der Waals surface area contributed by atoms with Gasteiger partial charge in [0.15, 0.2) is 0 Å². The van der Waals surface area contributed by atoms with Crippen LogP contribution in [0, 0.1) is 0 Å². The Morgan fingerprint density at radius 2 is 2.00 bits per heavy atom. The highest BCUT2D eigenvalue weighted by molar-refractivity contribution is 7.21. The third-order valence-electron chi connectivity index (χ3n) is 2.98. The largest absolute Gasteiger partial charge is 0.496 e. The monoisotopic (exact) mass is 285 g/mol. The summed E-state index contributed by atoms with van der Waals surface area (Å²) in [5.41, 5.74) is 1.60. The molecule has 3 aromatic rings. The Morgan fingerprint density at radius 3 is 2.70 bits per heavy atom. The van der Waals surface area contributed by atoms with E-state index in [1.165, 1.54) is 18.4 Å². The molecular weight excluding hydrogens is 274 g/mol. The molecule has 1 heterocycles. The number of rotatable bonds is 3. The third-order valence-corrected chi connectivity index (χ3v) is 4.05. The maximum atomic E-state index is 11.5. The van der Waals surface area contributed by atoms with Gasteiger partial charge in [-0.1, -0.05) is 24.3 Å². The number of carbonyl (C=O) groups is 1. The summed E-state index contributed by atoms with van der Waals surface area (Å²) in [6.07, 6.45) is 0. The van der Waals surface area contributed by atoms with Crippen LogP contribution >= 0.6 is 11.3 Å². The van der Waals surface area contributed by atoms with Crippen molar-refractivity contribution < 1.29 is 14.6 Å². The Kier molecular flexibility index (Phi) is 3.12. The van der Waals surface area contributed by atoms with Gasteiger partial charge in [-0.05, 0) is 18.2 Å². The molecule has 0 amide bonds. The highest BCUT2D eigenvalue weighted by Gasteiger charge is 2.19. The number of aromatic nitrogens is 1. The average molecular weight is 285 g/mol. The molecule has 4 nitrogen and oxygen atoms in total. The minimum Gasteiger partial charge on any atom is -0.496 e. The molecule has 0 aliphatic rings. The smallest absolute Gasteiger partial charge is 0.340 e. The number of methoxy groups -OCH3 is 1. The summed E-state index contributed by atoms with van der Waals surface area (Å²) in [4.78, 5) is 16.0. The molecular formula is C15H11NO3S. The second-order valence-corrected chi connectivity index (χ2v) is 5.21. The summed E-state index contributed by atoms with van der Waals surface area (Å²) in [7, 11) is 1.46. The fourth-order valence-electron chi connectivity index (χ4n) is 2.09. The fraction of sp³-hybridized carbons (Fsp3) is 0.0667. The van der Waals surface area contributed by atoms with Gasteiger partial charge in [0.25, 0.3) is 0 Å². The number of benzene rings is 2. The lowest BCUT2D eigenvalue weighted by atomic mass is 10.1. The van der Waals surface area contributed by atoms with Crippen molar-refractivity contribution in [3.05, 3.63) is 48.0 Å². The van der Waals surface area contributed by atoms with E-state index in [9.17, 15) is 9.90 Å². The number of hydrogen-bond donors (Lipinski definition) is 1. The van der Waals surface area contributed by atoms with Gasteiger partial charge in [0.1, 0.15) is 16.3 Å². The van der Waals surface area contributed by atoms with E-state index in [1.807, 2.05) is 24.3 Å². The summed E-state index contributed by atoms with van der Waals surface area (Å²) in [6.45, 7) is 0. The van der Waals surface area contributed by atoms with Gasteiger partial charge >= 0.3 is 5.97 Å². The topological polar surface area (TPSA) is 59.4 Å². The van der Waals surface area contributed by atoms with Crippen molar-refractivity contribution in [2.75, 3.05) is 7.11 Å². The van der Waals surface area contributed by atoms with Gasteiger partial charge in [0.05, 0.1) is 17.3 Å². The molecule has 1 aromatic heterocycles. The van der Waals surface area contributed by atoms with Crippen LogP contribution in [0.25, 0.3) is 20.8 Å². The van der Waals surface area contributed by atoms with Crippen LogP contribution in [0.4, 0.5) is 0 Å². The molecule has 0 unspecified atom stereocenters. The lowest BCUT2D eigenvalue weighted by Gasteiger charge is -2.08. The molecule has 0 aliphatic heterocycles. The SMILES string of the molecule is COc1cccc(-c2nc3ccccc3s2)c1C(=O)O. The van der Waals surface area contributed by atoms with Gasteiger partial charge in [-0.2, -0.15) is 0 Å². The van der Waals surface area contributed by atoms with Gasteiger partial charge in [0.2, 0.25) is 0 Å². The molecule has 0 radical (unpaired) electrons. The average Bonchev–Trinajstić information content (AvgIpc) is 2.90. The van der Waals surface area contributed by atoms with Crippen LogP contribution < -0.4 is 4.74 Å². The van der Waals surface area contributed by atoms with Gasteiger partial charge in [-0.3, -0.25) is 0 Å². The molecule has 0 fully saturated rings. The molecule has 0 bridgehead atoms. The zero-order valence-corrected chi connectivity index (χ0v) is 11.5. The maximum Gasteiger partial charge on any atom is 0.340 e. The number of ether oxygens (including phenoxy) is 1. The van der Waals surface area contributed by atoms with Crippen LogP contribution in [-0.2, 0) is 0 Å². The quantitative estimate of drug-likeness (QED) is 0.797. The number of carboxylic acids is 1. The Morgan fingerprint density at radius 1 is 1.20 bits per heavy atom. The van der Waals surface area contributed by atoms with Crippen molar-refractivity contribution >= 4 is 27.5 Å². The standard InChI is InChI=1S/C15H11NO3S/c1-19-11-7-4-5-9(13(11)15(17)18)14-16-10-6-2-3-8-12(10)20-14/h2-8H,1H3,(H,17,18).